The van der Waals surface area contributed by atoms with E-state index in [1.807, 2.05) is 6.07 Å². The molecule has 0 saturated carbocycles. The highest BCUT2D eigenvalue weighted by Gasteiger charge is 2.17. The minimum absolute atomic E-state index is 0.106. The average Bonchev–Trinajstić information content (AvgIpc) is 2.70. The van der Waals surface area contributed by atoms with E-state index in [1.54, 1.807) is 18.3 Å². The first kappa shape index (κ1) is 15.7. The standard InChI is InChI=1S/C15H22O3S2/c1-2-20(17,18)10-6-8-13(16)15-11-12-7-4-3-5-9-14(12)19-15/h11H,2-10H2,1H3. The van der Waals surface area contributed by atoms with Gasteiger partial charge in [-0.25, -0.2) is 8.42 Å². The second-order valence-corrected chi connectivity index (χ2v) is 8.99. The number of thiophene rings is 1. The Morgan fingerprint density at radius 2 is 2.00 bits per heavy atom. The van der Waals surface area contributed by atoms with Gasteiger partial charge in [0.15, 0.2) is 5.78 Å². The molecule has 1 aromatic heterocycles. The summed E-state index contributed by atoms with van der Waals surface area (Å²) in [4.78, 5) is 14.3. The van der Waals surface area contributed by atoms with Gasteiger partial charge in [-0.3, -0.25) is 4.79 Å². The molecule has 0 spiro atoms. The zero-order chi connectivity index (χ0) is 14.6. The number of Topliss-reactive ketones (excluding diaryl/α,β-unsaturated/α-hetero) is 1. The molecular weight excluding hydrogens is 292 g/mol. The van der Waals surface area contributed by atoms with Gasteiger partial charge < -0.3 is 0 Å². The second kappa shape index (κ2) is 6.85. The molecule has 1 heterocycles. The van der Waals surface area contributed by atoms with Crippen molar-refractivity contribution >= 4 is 27.0 Å². The van der Waals surface area contributed by atoms with Crippen molar-refractivity contribution in [3.8, 4) is 0 Å². The lowest BCUT2D eigenvalue weighted by Gasteiger charge is -2.00. The molecule has 5 heteroatoms. The van der Waals surface area contributed by atoms with Crippen LogP contribution >= 0.6 is 11.3 Å². The number of sulfone groups is 1. The zero-order valence-electron chi connectivity index (χ0n) is 12.0. The molecule has 0 N–H and O–H groups in total. The molecule has 1 aromatic rings. The van der Waals surface area contributed by atoms with Gasteiger partial charge in [-0.1, -0.05) is 13.3 Å². The number of hydrogen-bond acceptors (Lipinski definition) is 4. The predicted molar refractivity (Wildman–Crippen MR) is 83.5 cm³/mol. The van der Waals surface area contributed by atoms with Crippen LogP contribution in [-0.2, 0) is 22.7 Å². The lowest BCUT2D eigenvalue weighted by Crippen LogP contribution is -2.10. The lowest BCUT2D eigenvalue weighted by molar-refractivity contribution is 0.0986. The predicted octanol–water partition coefficient (Wildman–Crippen LogP) is 3.41. The third kappa shape index (κ3) is 4.16. The van der Waals surface area contributed by atoms with Crippen molar-refractivity contribution in [2.75, 3.05) is 11.5 Å². The molecule has 112 valence electrons. The number of carbonyl (C=O) groups is 1. The highest BCUT2D eigenvalue weighted by Crippen LogP contribution is 2.29. The zero-order valence-corrected chi connectivity index (χ0v) is 13.6. The van der Waals surface area contributed by atoms with Gasteiger partial charge in [0, 0.05) is 17.1 Å². The van der Waals surface area contributed by atoms with Crippen LogP contribution in [0.2, 0.25) is 0 Å². The molecule has 0 aliphatic heterocycles. The van der Waals surface area contributed by atoms with E-state index < -0.39 is 9.84 Å². The normalized spacial score (nSPS) is 15.7. The molecule has 0 saturated heterocycles. The molecule has 0 unspecified atom stereocenters. The minimum Gasteiger partial charge on any atom is -0.293 e. The third-order valence-corrected chi connectivity index (χ3v) is 6.89. The molecule has 0 bridgehead atoms. The molecule has 1 aliphatic rings. The van der Waals surface area contributed by atoms with E-state index in [-0.39, 0.29) is 17.3 Å². The molecule has 3 nitrogen and oxygen atoms in total. The third-order valence-electron chi connectivity index (χ3n) is 3.82. The average molecular weight is 314 g/mol. The highest BCUT2D eigenvalue weighted by molar-refractivity contribution is 7.91. The van der Waals surface area contributed by atoms with E-state index in [9.17, 15) is 13.2 Å². The van der Waals surface area contributed by atoms with Crippen LogP contribution in [0.1, 0.15) is 59.1 Å². The fraction of sp³-hybridized carbons (Fsp3) is 0.667. The van der Waals surface area contributed by atoms with Gasteiger partial charge in [0.1, 0.15) is 9.84 Å². The fourth-order valence-corrected chi connectivity index (χ4v) is 4.62. The number of carbonyl (C=O) groups excluding carboxylic acids is 1. The van der Waals surface area contributed by atoms with Crippen LogP contribution in [0.3, 0.4) is 0 Å². The number of fused-ring (bicyclic) bond motifs is 1. The first-order valence-electron chi connectivity index (χ1n) is 7.37. The summed E-state index contributed by atoms with van der Waals surface area (Å²) in [5, 5.41) is 0. The summed E-state index contributed by atoms with van der Waals surface area (Å²) in [6, 6.07) is 2.04. The van der Waals surface area contributed by atoms with Gasteiger partial charge in [-0.05, 0) is 43.7 Å². The summed E-state index contributed by atoms with van der Waals surface area (Å²) in [5.74, 6) is 0.392. The Morgan fingerprint density at radius 1 is 1.25 bits per heavy atom. The maximum absolute atomic E-state index is 12.1. The number of aryl methyl sites for hydroxylation is 2. The van der Waals surface area contributed by atoms with Crippen LogP contribution < -0.4 is 0 Å². The molecule has 0 aromatic carbocycles. The maximum Gasteiger partial charge on any atom is 0.172 e. The monoisotopic (exact) mass is 314 g/mol. The van der Waals surface area contributed by atoms with E-state index in [0.29, 0.717) is 12.8 Å². The van der Waals surface area contributed by atoms with E-state index >= 15 is 0 Å². The van der Waals surface area contributed by atoms with Gasteiger partial charge in [0.25, 0.3) is 0 Å². The first-order valence-corrected chi connectivity index (χ1v) is 10.0. The highest BCUT2D eigenvalue weighted by atomic mass is 32.2. The molecular formula is C15H22O3S2. The quantitative estimate of drug-likeness (QED) is 0.597. The molecule has 1 aliphatic carbocycles. The van der Waals surface area contributed by atoms with Crippen molar-refractivity contribution in [1.29, 1.82) is 0 Å². The molecule has 0 atom stereocenters. The van der Waals surface area contributed by atoms with E-state index in [4.69, 9.17) is 0 Å². The van der Waals surface area contributed by atoms with Crippen molar-refractivity contribution in [2.24, 2.45) is 0 Å². The van der Waals surface area contributed by atoms with Gasteiger partial charge in [-0.15, -0.1) is 11.3 Å². The Hall–Kier alpha value is -0.680. The topological polar surface area (TPSA) is 51.2 Å². The lowest BCUT2D eigenvalue weighted by atomic mass is 10.1. The van der Waals surface area contributed by atoms with E-state index in [2.05, 4.69) is 0 Å². The van der Waals surface area contributed by atoms with Crippen LogP contribution in [0.15, 0.2) is 6.07 Å². The molecule has 0 fully saturated rings. The van der Waals surface area contributed by atoms with Crippen molar-refractivity contribution in [1.82, 2.24) is 0 Å². The van der Waals surface area contributed by atoms with Crippen molar-refractivity contribution in [3.05, 3.63) is 21.4 Å². The summed E-state index contributed by atoms with van der Waals surface area (Å²) in [6.45, 7) is 1.65. The second-order valence-electron chi connectivity index (χ2n) is 5.38. The minimum atomic E-state index is -2.95. The van der Waals surface area contributed by atoms with Crippen LogP contribution in [0.4, 0.5) is 0 Å². The summed E-state index contributed by atoms with van der Waals surface area (Å²) >= 11 is 1.62. The van der Waals surface area contributed by atoms with Crippen LogP contribution in [0.5, 0.6) is 0 Å². The van der Waals surface area contributed by atoms with E-state index in [1.165, 1.54) is 29.7 Å². The Morgan fingerprint density at radius 3 is 2.75 bits per heavy atom. The van der Waals surface area contributed by atoms with Crippen LogP contribution in [-0.4, -0.2) is 25.7 Å². The summed E-state index contributed by atoms with van der Waals surface area (Å²) < 4.78 is 22.8. The van der Waals surface area contributed by atoms with Gasteiger partial charge >= 0.3 is 0 Å². The number of rotatable bonds is 6. The molecule has 0 radical (unpaired) electrons. The number of ketones is 1. The Kier molecular flexibility index (Phi) is 5.38. The number of hydrogen-bond donors (Lipinski definition) is 0. The van der Waals surface area contributed by atoms with Crippen LogP contribution in [0, 0.1) is 0 Å². The summed E-state index contributed by atoms with van der Waals surface area (Å²) in [6.07, 6.45) is 6.68. The Labute approximate surface area is 125 Å². The largest absolute Gasteiger partial charge is 0.293 e. The van der Waals surface area contributed by atoms with Gasteiger partial charge in [-0.2, -0.15) is 0 Å². The maximum atomic E-state index is 12.1. The SMILES string of the molecule is CCS(=O)(=O)CCCC(=O)c1cc2c(s1)CCCCC2. The van der Waals surface area contributed by atoms with Crippen molar-refractivity contribution in [3.63, 3.8) is 0 Å². The van der Waals surface area contributed by atoms with Crippen molar-refractivity contribution < 1.29 is 13.2 Å². The van der Waals surface area contributed by atoms with Gasteiger partial charge in [0.2, 0.25) is 0 Å². The summed E-state index contributed by atoms with van der Waals surface area (Å²) in [5.41, 5.74) is 1.34. The van der Waals surface area contributed by atoms with Gasteiger partial charge in [0.05, 0.1) is 10.6 Å². The Balaban J connectivity index is 1.93. The molecule has 0 amide bonds. The van der Waals surface area contributed by atoms with E-state index in [0.717, 1.165) is 17.7 Å². The first-order chi connectivity index (χ1) is 9.52. The molecule has 20 heavy (non-hydrogen) atoms. The van der Waals surface area contributed by atoms with Crippen molar-refractivity contribution in [2.45, 2.75) is 51.9 Å². The summed E-state index contributed by atoms with van der Waals surface area (Å²) in [7, 11) is -2.95. The fourth-order valence-electron chi connectivity index (χ4n) is 2.53. The smallest absolute Gasteiger partial charge is 0.172 e. The van der Waals surface area contributed by atoms with Crippen LogP contribution in [0.25, 0.3) is 0 Å². The Bertz CT molecular complexity index is 546. The molecule has 2 rings (SSSR count).